The maximum Gasteiger partial charge on any atom is 0.239 e. The topological polar surface area (TPSA) is 42.4 Å². The fourth-order valence-corrected chi connectivity index (χ4v) is 0.673. The minimum atomic E-state index is -0.730. The van der Waals surface area contributed by atoms with E-state index in [1.807, 2.05) is 0 Å². The van der Waals surface area contributed by atoms with Crippen LogP contribution in [0.5, 0.6) is 0 Å². The van der Waals surface area contributed by atoms with Gasteiger partial charge in [0.2, 0.25) is 6.41 Å². The van der Waals surface area contributed by atoms with Crippen LogP contribution in [0.25, 0.3) is 0 Å². The van der Waals surface area contributed by atoms with Gasteiger partial charge >= 0.3 is 0 Å². The molecule has 0 aromatic carbocycles. The highest BCUT2D eigenvalue weighted by Crippen LogP contribution is 2.12. The molecule has 0 bridgehead atoms. The van der Waals surface area contributed by atoms with Crippen LogP contribution in [0.3, 0.4) is 0 Å². The summed E-state index contributed by atoms with van der Waals surface area (Å²) < 4.78 is 12.8. The minimum absolute atomic E-state index is 0.199. The molecule has 0 N–H and O–H groups in total. The van der Waals surface area contributed by atoms with E-state index in [0.717, 1.165) is 0 Å². The number of nitrogens with zero attached hydrogens (tertiary/aromatic N) is 2. The Balaban J connectivity index is 3.00. The Hall–Kier alpha value is -1.49. The van der Waals surface area contributed by atoms with Crippen LogP contribution in [0, 0.1) is 11.9 Å². The largest absolute Gasteiger partial charge is 0.276 e. The van der Waals surface area contributed by atoms with Gasteiger partial charge in [0.25, 0.3) is 0 Å². The summed E-state index contributed by atoms with van der Waals surface area (Å²) in [5.41, 5.74) is 0. The highest BCUT2D eigenvalue weighted by Gasteiger charge is 2.10. The van der Waals surface area contributed by atoms with E-state index in [9.17, 15) is 9.18 Å². The minimum Gasteiger partial charge on any atom is -0.276 e. The van der Waals surface area contributed by atoms with Gasteiger partial charge in [0.15, 0.2) is 11.6 Å². The van der Waals surface area contributed by atoms with Gasteiger partial charge in [-0.2, -0.15) is 5.06 Å². The second kappa shape index (κ2) is 3.77. The molecule has 1 radical (unpaired) electrons. The van der Waals surface area contributed by atoms with E-state index in [4.69, 9.17) is 0 Å². The predicted molar refractivity (Wildman–Crippen MR) is 38.6 cm³/mol. The molecule has 0 aliphatic heterocycles. The molecule has 0 aliphatic carbocycles. The first-order chi connectivity index (χ1) is 5.79. The summed E-state index contributed by atoms with van der Waals surface area (Å²) in [7, 11) is 1.24. The normalized spacial score (nSPS) is 9.50. The van der Waals surface area contributed by atoms with Crippen LogP contribution in [0.15, 0.2) is 12.3 Å². The van der Waals surface area contributed by atoms with Gasteiger partial charge in [0.1, 0.15) is 0 Å². The van der Waals surface area contributed by atoms with E-state index in [0.29, 0.717) is 11.5 Å². The van der Waals surface area contributed by atoms with Crippen molar-refractivity contribution in [2.45, 2.75) is 0 Å². The Morgan fingerprint density at radius 2 is 2.58 bits per heavy atom. The van der Waals surface area contributed by atoms with Gasteiger partial charge in [0.05, 0.1) is 7.11 Å². The molecule has 5 heteroatoms. The molecule has 0 saturated heterocycles. The Kier molecular flexibility index (Phi) is 2.71. The quantitative estimate of drug-likeness (QED) is 0.490. The molecule has 0 atom stereocenters. The Bertz CT molecular complexity index is 280. The van der Waals surface area contributed by atoms with Gasteiger partial charge in [-0.3, -0.25) is 9.63 Å². The van der Waals surface area contributed by atoms with Crippen molar-refractivity contribution in [2.75, 3.05) is 12.2 Å². The monoisotopic (exact) mass is 169 g/mol. The molecular weight excluding hydrogens is 163 g/mol. The molecule has 12 heavy (non-hydrogen) atoms. The SMILES string of the molecule is CON(C=O)c1ncc[c]c1F. The van der Waals surface area contributed by atoms with Crippen molar-refractivity contribution in [2.24, 2.45) is 0 Å². The van der Waals surface area contributed by atoms with Crippen molar-refractivity contribution in [3.63, 3.8) is 0 Å². The molecule has 0 fully saturated rings. The average molecular weight is 169 g/mol. The van der Waals surface area contributed by atoms with Crippen LogP contribution in [0.2, 0.25) is 0 Å². The molecule has 0 spiro atoms. The Morgan fingerprint density at radius 1 is 1.83 bits per heavy atom. The van der Waals surface area contributed by atoms with Crippen molar-refractivity contribution < 1.29 is 14.0 Å². The zero-order chi connectivity index (χ0) is 8.97. The molecule has 0 aliphatic rings. The summed E-state index contributed by atoms with van der Waals surface area (Å²) in [6.07, 6.45) is 1.63. The zero-order valence-corrected chi connectivity index (χ0v) is 6.32. The van der Waals surface area contributed by atoms with E-state index in [1.54, 1.807) is 0 Å². The van der Waals surface area contributed by atoms with E-state index < -0.39 is 5.82 Å². The van der Waals surface area contributed by atoms with Crippen LogP contribution < -0.4 is 5.06 Å². The fourth-order valence-electron chi connectivity index (χ4n) is 0.673. The van der Waals surface area contributed by atoms with Crippen LogP contribution in [-0.4, -0.2) is 18.5 Å². The number of amides is 1. The van der Waals surface area contributed by atoms with Crippen molar-refractivity contribution >= 4 is 12.2 Å². The average Bonchev–Trinajstić information content (AvgIpc) is 2.10. The van der Waals surface area contributed by atoms with Gasteiger partial charge in [-0.25, -0.2) is 9.37 Å². The number of anilines is 1. The number of hydrogen-bond donors (Lipinski definition) is 0. The smallest absolute Gasteiger partial charge is 0.239 e. The number of carbonyl (C=O) groups is 1. The van der Waals surface area contributed by atoms with Gasteiger partial charge in [-0.15, -0.1) is 0 Å². The molecule has 1 heterocycles. The molecule has 1 amide bonds. The van der Waals surface area contributed by atoms with Gasteiger partial charge in [0, 0.05) is 12.3 Å². The molecule has 1 aromatic rings. The first kappa shape index (κ1) is 8.61. The van der Waals surface area contributed by atoms with E-state index in [2.05, 4.69) is 15.9 Å². The van der Waals surface area contributed by atoms with Crippen LogP contribution in [-0.2, 0) is 9.63 Å². The Labute approximate surface area is 68.5 Å². The van der Waals surface area contributed by atoms with Crippen LogP contribution in [0.4, 0.5) is 10.2 Å². The summed E-state index contributed by atoms with van der Waals surface area (Å²) in [5, 5.41) is 0.672. The summed E-state index contributed by atoms with van der Waals surface area (Å²) in [4.78, 5) is 18.4. The van der Waals surface area contributed by atoms with Crippen molar-refractivity contribution in [1.82, 2.24) is 4.98 Å². The number of aromatic nitrogens is 1. The second-order valence-corrected chi connectivity index (χ2v) is 1.84. The third kappa shape index (κ3) is 1.57. The first-order valence-corrected chi connectivity index (χ1v) is 3.10. The van der Waals surface area contributed by atoms with Gasteiger partial charge in [-0.1, -0.05) is 0 Å². The molecule has 1 rings (SSSR count). The molecule has 4 nitrogen and oxygen atoms in total. The third-order valence-corrected chi connectivity index (χ3v) is 1.18. The number of pyridine rings is 1. The lowest BCUT2D eigenvalue weighted by atomic mass is 10.4. The van der Waals surface area contributed by atoms with Crippen molar-refractivity contribution in [1.29, 1.82) is 0 Å². The van der Waals surface area contributed by atoms with E-state index in [-0.39, 0.29) is 5.82 Å². The number of halogens is 1. The highest BCUT2D eigenvalue weighted by atomic mass is 19.1. The summed E-state index contributed by atoms with van der Waals surface area (Å²) in [6.45, 7) is 0. The molecule has 0 unspecified atom stereocenters. The summed E-state index contributed by atoms with van der Waals surface area (Å²) in [5.74, 6) is -0.929. The number of hydrogen-bond acceptors (Lipinski definition) is 3. The maximum absolute atomic E-state index is 12.8. The van der Waals surface area contributed by atoms with Crippen LogP contribution >= 0.6 is 0 Å². The van der Waals surface area contributed by atoms with Gasteiger partial charge < -0.3 is 0 Å². The number of rotatable bonds is 3. The number of carbonyl (C=O) groups excluding carboxylic acids is 1. The van der Waals surface area contributed by atoms with E-state index >= 15 is 0 Å². The predicted octanol–water partition coefficient (Wildman–Crippen LogP) is 0.545. The van der Waals surface area contributed by atoms with Gasteiger partial charge in [-0.05, 0) is 6.07 Å². The van der Waals surface area contributed by atoms with Crippen LogP contribution in [0.1, 0.15) is 0 Å². The zero-order valence-electron chi connectivity index (χ0n) is 6.32. The van der Waals surface area contributed by atoms with Crippen molar-refractivity contribution in [3.05, 3.63) is 24.1 Å². The first-order valence-electron chi connectivity index (χ1n) is 3.10. The maximum atomic E-state index is 12.8. The molecular formula is C7H6FN2O2. The standard InChI is InChI=1S/C7H6FN2O2/c1-12-10(5-11)7-6(8)3-2-4-9-7/h2,4-5H,1H3. The molecule has 63 valence electrons. The fraction of sp³-hybridized carbons (Fsp3) is 0.143. The van der Waals surface area contributed by atoms with E-state index in [1.165, 1.54) is 19.4 Å². The number of hydroxylamine groups is 1. The summed E-state index contributed by atoms with van der Waals surface area (Å²) >= 11 is 0. The lowest BCUT2D eigenvalue weighted by molar-refractivity contribution is -0.113. The second-order valence-electron chi connectivity index (χ2n) is 1.84. The lowest BCUT2D eigenvalue weighted by Crippen LogP contribution is -2.21. The third-order valence-electron chi connectivity index (χ3n) is 1.18. The Morgan fingerprint density at radius 3 is 3.08 bits per heavy atom. The van der Waals surface area contributed by atoms with Crippen molar-refractivity contribution in [3.8, 4) is 0 Å². The summed E-state index contributed by atoms with van der Waals surface area (Å²) in [6, 6.07) is 3.54. The lowest BCUT2D eigenvalue weighted by Gasteiger charge is -2.11. The molecule has 0 saturated carbocycles. The highest BCUT2D eigenvalue weighted by molar-refractivity contribution is 5.69. The molecule has 1 aromatic heterocycles.